The highest BCUT2D eigenvalue weighted by Gasteiger charge is 2.09. The molecule has 2 N–H and O–H groups in total. The van der Waals surface area contributed by atoms with Gasteiger partial charge >= 0.3 is 0 Å². The molecule has 3 aromatic rings. The molecule has 0 bridgehead atoms. The van der Waals surface area contributed by atoms with Crippen molar-refractivity contribution in [2.75, 3.05) is 5.32 Å². The number of H-pyrrole nitrogens is 1. The van der Waals surface area contributed by atoms with Gasteiger partial charge in [-0.1, -0.05) is 0 Å². The molecule has 0 aliphatic rings. The second kappa shape index (κ2) is 4.51. The van der Waals surface area contributed by atoms with Crippen LogP contribution in [0.25, 0.3) is 11.2 Å². The number of aryl methyl sites for hydroxylation is 1. The summed E-state index contributed by atoms with van der Waals surface area (Å²) >= 11 is 7.31. The summed E-state index contributed by atoms with van der Waals surface area (Å²) in [5.74, 6) is 0.647. The van der Waals surface area contributed by atoms with Crippen molar-refractivity contribution >= 4 is 40.1 Å². The third kappa shape index (κ3) is 2.14. The summed E-state index contributed by atoms with van der Waals surface area (Å²) in [6.07, 6.45) is 1.57. The fourth-order valence-electron chi connectivity index (χ4n) is 1.61. The molecule has 6 nitrogen and oxygen atoms in total. The lowest BCUT2D eigenvalue weighted by atomic mass is 10.4. The van der Waals surface area contributed by atoms with Crippen LogP contribution >= 0.6 is 23.1 Å². The molecule has 0 unspecified atom stereocenters. The van der Waals surface area contributed by atoms with E-state index in [4.69, 9.17) is 11.6 Å². The van der Waals surface area contributed by atoms with Crippen LogP contribution < -0.4 is 5.32 Å². The molecule has 0 fully saturated rings. The van der Waals surface area contributed by atoms with Crippen LogP contribution in [-0.2, 0) is 6.54 Å². The zero-order valence-corrected chi connectivity index (χ0v) is 11.0. The minimum absolute atomic E-state index is 0.178. The molecular formula is C10H9ClN6S. The number of hydrogen-bond donors (Lipinski definition) is 2. The number of nitrogens with zero attached hydrogens (tertiary/aromatic N) is 4. The summed E-state index contributed by atoms with van der Waals surface area (Å²) in [4.78, 5) is 16.3. The molecule has 0 saturated heterocycles. The van der Waals surface area contributed by atoms with Gasteiger partial charge in [0.2, 0.25) is 5.28 Å². The Bertz CT molecular complexity index is 691. The normalized spacial score (nSPS) is 11.0. The van der Waals surface area contributed by atoms with E-state index in [1.165, 1.54) is 11.5 Å². The van der Waals surface area contributed by atoms with Gasteiger partial charge in [0.1, 0.15) is 5.52 Å². The van der Waals surface area contributed by atoms with Gasteiger partial charge in [-0.15, -0.1) is 0 Å². The number of halogens is 1. The lowest BCUT2D eigenvalue weighted by Crippen LogP contribution is -2.02. The van der Waals surface area contributed by atoms with E-state index in [9.17, 15) is 0 Å². The quantitative estimate of drug-likeness (QED) is 0.720. The second-order valence-corrected chi connectivity index (χ2v) is 4.96. The zero-order chi connectivity index (χ0) is 12.5. The van der Waals surface area contributed by atoms with Crippen molar-refractivity contribution in [2.45, 2.75) is 13.5 Å². The molecular weight excluding hydrogens is 272 g/mol. The number of rotatable bonds is 3. The maximum Gasteiger partial charge on any atom is 0.226 e. The fraction of sp³-hybridized carbons (Fsp3) is 0.200. The molecule has 0 amide bonds. The van der Waals surface area contributed by atoms with Gasteiger partial charge in [-0.2, -0.15) is 14.3 Å². The number of nitrogens with one attached hydrogen (secondary N) is 2. The van der Waals surface area contributed by atoms with Crippen LogP contribution in [0.2, 0.25) is 5.28 Å². The van der Waals surface area contributed by atoms with Gasteiger partial charge in [0, 0.05) is 4.88 Å². The van der Waals surface area contributed by atoms with Crippen molar-refractivity contribution in [1.82, 2.24) is 24.3 Å². The Morgan fingerprint density at radius 1 is 1.44 bits per heavy atom. The minimum atomic E-state index is 0.178. The Morgan fingerprint density at radius 2 is 2.33 bits per heavy atom. The van der Waals surface area contributed by atoms with E-state index in [2.05, 4.69) is 29.6 Å². The topological polar surface area (TPSA) is 79.4 Å². The number of aromatic nitrogens is 5. The molecule has 0 radical (unpaired) electrons. The van der Waals surface area contributed by atoms with Crippen LogP contribution in [0.15, 0.2) is 12.4 Å². The van der Waals surface area contributed by atoms with Crippen molar-refractivity contribution < 1.29 is 0 Å². The Kier molecular flexibility index (Phi) is 2.85. The Morgan fingerprint density at radius 3 is 3.11 bits per heavy atom. The van der Waals surface area contributed by atoms with Gasteiger partial charge in [0.25, 0.3) is 0 Å². The van der Waals surface area contributed by atoms with E-state index < -0.39 is 0 Å². The van der Waals surface area contributed by atoms with Crippen LogP contribution in [0.1, 0.15) is 10.6 Å². The maximum absolute atomic E-state index is 5.84. The van der Waals surface area contributed by atoms with Gasteiger partial charge in [0.15, 0.2) is 11.5 Å². The number of aromatic amines is 1. The van der Waals surface area contributed by atoms with E-state index in [1.807, 2.05) is 13.0 Å². The highest BCUT2D eigenvalue weighted by molar-refractivity contribution is 7.05. The standard InChI is InChI=1S/C10H9ClN6S/c1-5-2-6(18-17-5)3-12-8-7-9(14-4-13-7)16-10(11)15-8/h2,4H,3H2,1H3,(H2,12,13,14,15,16). The fourth-order valence-corrected chi connectivity index (χ4v) is 2.44. The Hall–Kier alpha value is -1.73. The minimum Gasteiger partial charge on any atom is -0.363 e. The van der Waals surface area contributed by atoms with E-state index in [0.29, 0.717) is 18.0 Å². The summed E-state index contributed by atoms with van der Waals surface area (Å²) in [6, 6.07) is 2.03. The molecule has 0 aromatic carbocycles. The third-order valence-electron chi connectivity index (χ3n) is 2.37. The summed E-state index contributed by atoms with van der Waals surface area (Å²) in [6.45, 7) is 2.61. The molecule has 0 aliphatic heterocycles. The van der Waals surface area contributed by atoms with Gasteiger partial charge < -0.3 is 10.3 Å². The van der Waals surface area contributed by atoms with E-state index in [1.54, 1.807) is 6.33 Å². The van der Waals surface area contributed by atoms with Crippen LogP contribution in [0, 0.1) is 6.92 Å². The Labute approximate surface area is 112 Å². The number of imidazole rings is 1. The molecule has 3 rings (SSSR count). The molecule has 0 spiro atoms. The molecule has 8 heteroatoms. The van der Waals surface area contributed by atoms with Crippen molar-refractivity contribution in [3.8, 4) is 0 Å². The van der Waals surface area contributed by atoms with Gasteiger partial charge in [0.05, 0.1) is 18.6 Å². The predicted molar refractivity (Wildman–Crippen MR) is 70.9 cm³/mol. The molecule has 0 atom stereocenters. The van der Waals surface area contributed by atoms with E-state index in [0.717, 1.165) is 16.1 Å². The van der Waals surface area contributed by atoms with Crippen molar-refractivity contribution in [1.29, 1.82) is 0 Å². The second-order valence-electron chi connectivity index (χ2n) is 3.73. The molecule has 92 valence electrons. The summed E-state index contributed by atoms with van der Waals surface area (Å²) in [5.41, 5.74) is 2.32. The number of fused-ring (bicyclic) bond motifs is 1. The average molecular weight is 281 g/mol. The molecule has 18 heavy (non-hydrogen) atoms. The van der Waals surface area contributed by atoms with Crippen LogP contribution in [0.5, 0.6) is 0 Å². The highest BCUT2D eigenvalue weighted by atomic mass is 35.5. The summed E-state index contributed by atoms with van der Waals surface area (Å²) < 4.78 is 4.22. The average Bonchev–Trinajstić information content (AvgIpc) is 2.94. The molecule has 0 aliphatic carbocycles. The predicted octanol–water partition coefficient (Wildman–Crippen LogP) is 2.38. The maximum atomic E-state index is 5.84. The number of hydrogen-bond acceptors (Lipinski definition) is 6. The van der Waals surface area contributed by atoms with Gasteiger partial charge in [-0.25, -0.2) is 4.98 Å². The van der Waals surface area contributed by atoms with Crippen LogP contribution in [0.3, 0.4) is 0 Å². The van der Waals surface area contributed by atoms with Gasteiger partial charge in [-0.05, 0) is 36.1 Å². The molecule has 3 aromatic heterocycles. The lowest BCUT2D eigenvalue weighted by Gasteiger charge is -2.04. The first-order chi connectivity index (χ1) is 8.72. The van der Waals surface area contributed by atoms with Crippen molar-refractivity contribution in [2.24, 2.45) is 0 Å². The third-order valence-corrected chi connectivity index (χ3v) is 3.41. The zero-order valence-electron chi connectivity index (χ0n) is 9.44. The summed E-state index contributed by atoms with van der Waals surface area (Å²) in [5, 5.41) is 3.39. The largest absolute Gasteiger partial charge is 0.363 e. The first-order valence-electron chi connectivity index (χ1n) is 5.25. The first-order valence-corrected chi connectivity index (χ1v) is 6.40. The highest BCUT2D eigenvalue weighted by Crippen LogP contribution is 2.20. The first kappa shape index (κ1) is 11.4. The van der Waals surface area contributed by atoms with Crippen LogP contribution in [-0.4, -0.2) is 24.3 Å². The summed E-state index contributed by atoms with van der Waals surface area (Å²) in [7, 11) is 0. The Balaban J connectivity index is 1.87. The SMILES string of the molecule is Cc1cc(CNc2nc(Cl)nc3nc[nH]c23)sn1. The lowest BCUT2D eigenvalue weighted by molar-refractivity contribution is 1.12. The van der Waals surface area contributed by atoms with E-state index in [-0.39, 0.29) is 5.28 Å². The van der Waals surface area contributed by atoms with Crippen molar-refractivity contribution in [3.63, 3.8) is 0 Å². The molecule has 0 saturated carbocycles. The molecule has 3 heterocycles. The number of anilines is 1. The monoisotopic (exact) mass is 280 g/mol. The van der Waals surface area contributed by atoms with Crippen LogP contribution in [0.4, 0.5) is 5.82 Å². The van der Waals surface area contributed by atoms with Gasteiger partial charge in [-0.3, -0.25) is 0 Å². The van der Waals surface area contributed by atoms with Crippen molar-refractivity contribution in [3.05, 3.63) is 28.2 Å². The van der Waals surface area contributed by atoms with E-state index >= 15 is 0 Å². The smallest absolute Gasteiger partial charge is 0.226 e.